The van der Waals surface area contributed by atoms with Crippen molar-refractivity contribution in [2.75, 3.05) is 20.2 Å². The van der Waals surface area contributed by atoms with Crippen molar-refractivity contribution in [1.82, 2.24) is 14.9 Å². The van der Waals surface area contributed by atoms with E-state index in [1.165, 1.54) is 10.9 Å². The number of benzene rings is 1. The minimum atomic E-state index is 0.00392. The van der Waals surface area contributed by atoms with Gasteiger partial charge in [0.05, 0.1) is 12.6 Å². The first-order valence-electron chi connectivity index (χ1n) is 9.37. The number of aromatic nitrogens is 2. The highest BCUT2D eigenvalue weighted by atomic mass is 16.5. The summed E-state index contributed by atoms with van der Waals surface area (Å²) in [5.41, 5.74) is 2.87. The van der Waals surface area contributed by atoms with Gasteiger partial charge in [-0.2, -0.15) is 0 Å². The van der Waals surface area contributed by atoms with Crippen LogP contribution >= 0.6 is 0 Å². The van der Waals surface area contributed by atoms with Gasteiger partial charge in [-0.1, -0.05) is 18.2 Å². The number of ether oxygens (including phenoxy) is 1. The minimum Gasteiger partial charge on any atom is -0.480 e. The van der Waals surface area contributed by atoms with E-state index in [2.05, 4.69) is 28.2 Å². The van der Waals surface area contributed by atoms with Gasteiger partial charge in [0, 0.05) is 30.9 Å². The quantitative estimate of drug-likeness (QED) is 0.710. The van der Waals surface area contributed by atoms with E-state index in [0.717, 1.165) is 37.9 Å². The molecule has 0 bridgehead atoms. The first-order valence-corrected chi connectivity index (χ1v) is 9.37. The van der Waals surface area contributed by atoms with Crippen LogP contribution in [0.15, 0.2) is 54.9 Å². The second kappa shape index (κ2) is 7.74. The van der Waals surface area contributed by atoms with Crippen molar-refractivity contribution < 1.29 is 9.53 Å². The SMILES string of the molecule is COc1ncccc1C(=O)N1CCCC(Cc2ccnc3ccccc23)C1. The molecule has 4 rings (SSSR count). The zero-order valence-corrected chi connectivity index (χ0v) is 15.5. The number of carbonyl (C=O) groups excluding carboxylic acids is 1. The molecule has 5 heteroatoms. The molecular formula is C22H23N3O2. The summed E-state index contributed by atoms with van der Waals surface area (Å²) >= 11 is 0. The highest BCUT2D eigenvalue weighted by Crippen LogP contribution is 2.26. The third kappa shape index (κ3) is 3.63. The summed E-state index contributed by atoms with van der Waals surface area (Å²) in [5.74, 6) is 0.838. The second-order valence-corrected chi connectivity index (χ2v) is 7.01. The molecule has 2 aromatic heterocycles. The van der Waals surface area contributed by atoms with Gasteiger partial charge in [0.15, 0.2) is 0 Å². The van der Waals surface area contributed by atoms with Gasteiger partial charge in [-0.25, -0.2) is 4.98 Å². The van der Waals surface area contributed by atoms with E-state index >= 15 is 0 Å². The Labute approximate surface area is 159 Å². The highest BCUT2D eigenvalue weighted by molar-refractivity contribution is 5.96. The lowest BCUT2D eigenvalue weighted by Gasteiger charge is -2.33. The number of para-hydroxylation sites is 1. The zero-order chi connectivity index (χ0) is 18.6. The fourth-order valence-corrected chi connectivity index (χ4v) is 3.95. The van der Waals surface area contributed by atoms with Crippen molar-refractivity contribution in [2.45, 2.75) is 19.3 Å². The fraction of sp³-hybridized carbons (Fsp3) is 0.318. The molecule has 1 aliphatic rings. The first-order chi connectivity index (χ1) is 13.3. The Kier molecular flexibility index (Phi) is 5.01. The lowest BCUT2D eigenvalue weighted by molar-refractivity contribution is 0.0669. The largest absolute Gasteiger partial charge is 0.480 e. The lowest BCUT2D eigenvalue weighted by Crippen LogP contribution is -2.40. The number of likely N-dealkylation sites (tertiary alicyclic amines) is 1. The monoisotopic (exact) mass is 361 g/mol. The van der Waals surface area contributed by atoms with Gasteiger partial charge in [-0.05, 0) is 55.0 Å². The number of piperidine rings is 1. The summed E-state index contributed by atoms with van der Waals surface area (Å²) in [5, 5.41) is 1.21. The maximum absolute atomic E-state index is 13.0. The number of carbonyl (C=O) groups is 1. The number of hydrogen-bond donors (Lipinski definition) is 0. The average Bonchev–Trinajstić information content (AvgIpc) is 2.73. The van der Waals surface area contributed by atoms with Crippen molar-refractivity contribution in [3.05, 3.63) is 66.0 Å². The molecule has 1 atom stereocenters. The van der Waals surface area contributed by atoms with Gasteiger partial charge in [0.2, 0.25) is 5.88 Å². The summed E-state index contributed by atoms with van der Waals surface area (Å²) in [6.45, 7) is 1.54. The van der Waals surface area contributed by atoms with E-state index < -0.39 is 0 Å². The van der Waals surface area contributed by atoms with Gasteiger partial charge in [-0.3, -0.25) is 9.78 Å². The maximum Gasteiger partial charge on any atom is 0.259 e. The highest BCUT2D eigenvalue weighted by Gasteiger charge is 2.27. The van der Waals surface area contributed by atoms with E-state index in [9.17, 15) is 4.79 Å². The second-order valence-electron chi connectivity index (χ2n) is 7.01. The average molecular weight is 361 g/mol. The van der Waals surface area contributed by atoms with Crippen molar-refractivity contribution in [1.29, 1.82) is 0 Å². The molecule has 0 N–H and O–H groups in total. The van der Waals surface area contributed by atoms with Crippen LogP contribution in [0.3, 0.4) is 0 Å². The molecule has 1 amide bonds. The van der Waals surface area contributed by atoms with Crippen LogP contribution in [0.2, 0.25) is 0 Å². The molecule has 3 aromatic rings. The summed E-state index contributed by atoms with van der Waals surface area (Å²) < 4.78 is 5.26. The molecule has 0 aliphatic carbocycles. The molecule has 0 saturated carbocycles. The lowest BCUT2D eigenvalue weighted by atomic mass is 9.90. The molecule has 1 aromatic carbocycles. The number of rotatable bonds is 4. The van der Waals surface area contributed by atoms with E-state index in [-0.39, 0.29) is 5.91 Å². The van der Waals surface area contributed by atoms with Crippen LogP contribution in [-0.2, 0) is 6.42 Å². The van der Waals surface area contributed by atoms with E-state index in [1.54, 1.807) is 25.4 Å². The van der Waals surface area contributed by atoms with Crippen LogP contribution in [0.1, 0.15) is 28.8 Å². The van der Waals surface area contributed by atoms with E-state index in [1.807, 2.05) is 23.2 Å². The molecule has 1 unspecified atom stereocenters. The minimum absolute atomic E-state index is 0.00392. The number of pyridine rings is 2. The maximum atomic E-state index is 13.0. The summed E-state index contributed by atoms with van der Waals surface area (Å²) in [7, 11) is 1.55. The van der Waals surface area contributed by atoms with Crippen LogP contribution < -0.4 is 4.74 Å². The van der Waals surface area contributed by atoms with Crippen molar-refractivity contribution in [3.63, 3.8) is 0 Å². The molecule has 138 valence electrons. The Morgan fingerprint density at radius 1 is 1.15 bits per heavy atom. The molecule has 5 nitrogen and oxygen atoms in total. The summed E-state index contributed by atoms with van der Waals surface area (Å²) in [6.07, 6.45) is 6.62. The van der Waals surface area contributed by atoms with Crippen LogP contribution in [0.25, 0.3) is 10.9 Å². The van der Waals surface area contributed by atoms with Gasteiger partial charge in [-0.15, -0.1) is 0 Å². The van der Waals surface area contributed by atoms with Crippen LogP contribution in [0.4, 0.5) is 0 Å². The summed E-state index contributed by atoms with van der Waals surface area (Å²) in [6, 6.07) is 13.9. The topological polar surface area (TPSA) is 55.3 Å². The third-order valence-corrected chi connectivity index (χ3v) is 5.25. The molecule has 27 heavy (non-hydrogen) atoms. The predicted octanol–water partition coefficient (Wildman–Crippen LogP) is 3.73. The number of amides is 1. The van der Waals surface area contributed by atoms with Gasteiger partial charge in [0.25, 0.3) is 5.91 Å². The van der Waals surface area contributed by atoms with Crippen LogP contribution in [-0.4, -0.2) is 41.0 Å². The zero-order valence-electron chi connectivity index (χ0n) is 15.5. The normalized spacial score (nSPS) is 17.1. The molecule has 0 spiro atoms. The Morgan fingerprint density at radius 3 is 2.93 bits per heavy atom. The van der Waals surface area contributed by atoms with Crippen LogP contribution in [0.5, 0.6) is 5.88 Å². The molecule has 3 heterocycles. The van der Waals surface area contributed by atoms with Gasteiger partial charge < -0.3 is 9.64 Å². The number of nitrogens with zero attached hydrogens (tertiary/aromatic N) is 3. The number of hydrogen-bond acceptors (Lipinski definition) is 4. The number of fused-ring (bicyclic) bond motifs is 1. The molecule has 1 aliphatic heterocycles. The predicted molar refractivity (Wildman–Crippen MR) is 105 cm³/mol. The Bertz CT molecular complexity index is 952. The fourth-order valence-electron chi connectivity index (χ4n) is 3.95. The summed E-state index contributed by atoms with van der Waals surface area (Å²) in [4.78, 5) is 23.5. The van der Waals surface area contributed by atoms with Crippen molar-refractivity contribution in [2.24, 2.45) is 5.92 Å². The first kappa shape index (κ1) is 17.5. The Balaban J connectivity index is 1.52. The Morgan fingerprint density at radius 2 is 2.04 bits per heavy atom. The standard InChI is InChI=1S/C22H23N3O2/c1-27-21-19(8-4-11-24-21)22(26)25-13-5-6-16(15-25)14-17-10-12-23-20-9-3-2-7-18(17)20/h2-4,7-12,16H,5-6,13-15H2,1H3. The smallest absolute Gasteiger partial charge is 0.259 e. The van der Waals surface area contributed by atoms with E-state index in [4.69, 9.17) is 4.74 Å². The molecule has 1 saturated heterocycles. The van der Waals surface area contributed by atoms with Gasteiger partial charge >= 0.3 is 0 Å². The molecule has 0 radical (unpaired) electrons. The molecule has 1 fully saturated rings. The number of methoxy groups -OCH3 is 1. The Hall–Kier alpha value is -2.95. The van der Waals surface area contributed by atoms with Gasteiger partial charge in [0.1, 0.15) is 5.56 Å². The third-order valence-electron chi connectivity index (χ3n) is 5.25. The van der Waals surface area contributed by atoms with Crippen LogP contribution in [0, 0.1) is 5.92 Å². The van der Waals surface area contributed by atoms with Crippen molar-refractivity contribution in [3.8, 4) is 5.88 Å². The molecular weight excluding hydrogens is 338 g/mol. The van der Waals surface area contributed by atoms with Crippen molar-refractivity contribution >= 4 is 16.8 Å². The van der Waals surface area contributed by atoms with E-state index in [0.29, 0.717) is 17.4 Å².